The van der Waals surface area contributed by atoms with E-state index in [-0.39, 0.29) is 47.2 Å². The Bertz CT molecular complexity index is 2290. The van der Waals surface area contributed by atoms with E-state index in [4.69, 9.17) is 10.5 Å². The third-order valence-corrected chi connectivity index (χ3v) is 12.6. The number of rotatable bonds is 11. The molecule has 5 amide bonds. The van der Waals surface area contributed by atoms with Gasteiger partial charge in [0.05, 0.1) is 16.5 Å². The van der Waals surface area contributed by atoms with Crippen molar-refractivity contribution in [2.24, 2.45) is 17.1 Å². The molecule has 18 heteroatoms. The first-order valence-electron chi connectivity index (χ1n) is 21.5. The number of piperidine rings is 3. The Morgan fingerprint density at radius 1 is 0.871 bits per heavy atom. The number of fused-ring (bicyclic) bond motifs is 1. The predicted molar refractivity (Wildman–Crippen MR) is 225 cm³/mol. The van der Waals surface area contributed by atoms with Crippen molar-refractivity contribution >= 4 is 58.6 Å². The van der Waals surface area contributed by atoms with Crippen LogP contribution in [0.3, 0.4) is 0 Å². The predicted octanol–water partition coefficient (Wildman–Crippen LogP) is 4.21. The highest BCUT2D eigenvalue weighted by atomic mass is 19.1. The van der Waals surface area contributed by atoms with E-state index >= 15 is 4.39 Å². The van der Waals surface area contributed by atoms with Crippen LogP contribution in [0.25, 0.3) is 0 Å². The smallest absolute Gasteiger partial charge is 0.312 e. The van der Waals surface area contributed by atoms with Gasteiger partial charge < -0.3 is 30.5 Å². The molecule has 62 heavy (non-hydrogen) atoms. The number of nitrogens with two attached hydrogens (primary N) is 1. The molecule has 5 aliphatic rings. The van der Waals surface area contributed by atoms with Crippen molar-refractivity contribution in [2.45, 2.75) is 84.1 Å². The third kappa shape index (κ3) is 8.69. The molecule has 5 aliphatic heterocycles. The number of halogens is 1. The minimum atomic E-state index is -1.19. The number of primary amides is 1. The fourth-order valence-electron chi connectivity index (χ4n) is 9.14. The molecular weight excluding hydrogens is 800 g/mol. The van der Waals surface area contributed by atoms with Gasteiger partial charge in [-0.05, 0) is 127 Å². The van der Waals surface area contributed by atoms with Crippen molar-refractivity contribution in [3.8, 4) is 0 Å². The number of benzene rings is 2. The molecule has 0 aliphatic carbocycles. The molecule has 3 aromatic rings. The Kier molecular flexibility index (Phi) is 12.0. The monoisotopic (exact) mass is 852 g/mol. The Morgan fingerprint density at radius 2 is 1.61 bits per heavy atom. The van der Waals surface area contributed by atoms with Gasteiger partial charge >= 0.3 is 5.97 Å². The second-order valence-corrected chi connectivity index (χ2v) is 18.0. The molecular formula is C44H53FN10O7. The third-order valence-electron chi connectivity index (χ3n) is 12.6. The lowest BCUT2D eigenvalue weighted by Gasteiger charge is -2.34. The van der Waals surface area contributed by atoms with Crippen LogP contribution >= 0.6 is 0 Å². The maximum atomic E-state index is 15.7. The number of amides is 5. The number of nitrogens with zero attached hydrogens (tertiary/aromatic N) is 8. The quantitative estimate of drug-likeness (QED) is 0.205. The summed E-state index contributed by atoms with van der Waals surface area (Å²) >= 11 is 0. The van der Waals surface area contributed by atoms with Crippen LogP contribution in [0.2, 0.25) is 0 Å². The lowest BCUT2D eigenvalue weighted by Crippen LogP contribution is -2.56. The zero-order valence-electron chi connectivity index (χ0n) is 35.4. The number of carbonyl (C=O) groups excluding carboxylic acids is 6. The molecule has 3 N–H and O–H groups in total. The first-order valence-corrected chi connectivity index (χ1v) is 21.5. The maximum absolute atomic E-state index is 15.7. The van der Waals surface area contributed by atoms with Crippen LogP contribution in [-0.2, 0) is 19.1 Å². The minimum Gasteiger partial charge on any atom is -0.443 e. The zero-order chi connectivity index (χ0) is 43.9. The summed E-state index contributed by atoms with van der Waals surface area (Å²) in [5, 5.41) is 11.2. The molecule has 17 nitrogen and oxygen atoms in total. The van der Waals surface area contributed by atoms with Gasteiger partial charge in [0.1, 0.15) is 11.9 Å². The molecule has 4 fully saturated rings. The first kappa shape index (κ1) is 42.6. The Morgan fingerprint density at radius 3 is 2.32 bits per heavy atom. The van der Waals surface area contributed by atoms with E-state index in [0.29, 0.717) is 23.1 Å². The van der Waals surface area contributed by atoms with E-state index in [1.807, 2.05) is 11.0 Å². The highest BCUT2D eigenvalue weighted by molar-refractivity contribution is 6.23. The Balaban J connectivity index is 0.842. The molecule has 328 valence electrons. The van der Waals surface area contributed by atoms with Gasteiger partial charge in [0.25, 0.3) is 23.6 Å². The van der Waals surface area contributed by atoms with Crippen molar-refractivity contribution in [1.29, 1.82) is 0 Å². The molecule has 8 rings (SSSR count). The Labute approximate surface area is 359 Å². The normalized spacial score (nSPS) is 21.5. The van der Waals surface area contributed by atoms with Gasteiger partial charge in [-0.15, -0.1) is 10.2 Å². The largest absolute Gasteiger partial charge is 0.443 e. The van der Waals surface area contributed by atoms with E-state index in [0.717, 1.165) is 99.8 Å². The number of hydrogen-bond acceptors (Lipinski definition) is 14. The summed E-state index contributed by atoms with van der Waals surface area (Å²) in [4.78, 5) is 90.8. The summed E-state index contributed by atoms with van der Waals surface area (Å²) in [5.41, 5.74) is 6.92. The number of carbonyl (C=O) groups is 6. The van der Waals surface area contributed by atoms with Crippen molar-refractivity contribution in [2.75, 3.05) is 67.7 Å². The molecule has 4 saturated heterocycles. The number of nitrogens with one attached hydrogen (secondary N) is 1. The van der Waals surface area contributed by atoms with Crippen molar-refractivity contribution in [3.63, 3.8) is 0 Å². The summed E-state index contributed by atoms with van der Waals surface area (Å²) in [6, 6.07) is 8.98. The average Bonchev–Trinajstić information content (AvgIpc) is 3.82. The topological polar surface area (TPSA) is 205 Å². The van der Waals surface area contributed by atoms with E-state index in [1.165, 1.54) is 6.07 Å². The fraction of sp³-hybridized carbons (Fsp3) is 0.523. The second-order valence-electron chi connectivity index (χ2n) is 18.0. The number of esters is 1. The maximum Gasteiger partial charge on any atom is 0.312 e. The van der Waals surface area contributed by atoms with Gasteiger partial charge in [0, 0.05) is 50.5 Å². The van der Waals surface area contributed by atoms with Gasteiger partial charge in [-0.1, -0.05) is 6.07 Å². The molecule has 2 unspecified atom stereocenters. The number of likely N-dealkylation sites (tertiary alicyclic amines) is 2. The average molecular weight is 853 g/mol. The van der Waals surface area contributed by atoms with Gasteiger partial charge in [0.2, 0.25) is 11.9 Å². The van der Waals surface area contributed by atoms with E-state index < -0.39 is 53.7 Å². The summed E-state index contributed by atoms with van der Waals surface area (Å²) in [7, 11) is 0. The summed E-state index contributed by atoms with van der Waals surface area (Å²) in [5.74, 6) is -3.20. The van der Waals surface area contributed by atoms with Gasteiger partial charge in [-0.3, -0.25) is 33.7 Å². The number of imide groups is 2. The minimum absolute atomic E-state index is 0.00733. The van der Waals surface area contributed by atoms with Gasteiger partial charge in [0.15, 0.2) is 18.2 Å². The van der Waals surface area contributed by atoms with E-state index in [9.17, 15) is 28.8 Å². The van der Waals surface area contributed by atoms with Crippen LogP contribution in [0.1, 0.15) is 115 Å². The lowest BCUT2D eigenvalue weighted by atomic mass is 9.88. The van der Waals surface area contributed by atoms with E-state index in [1.54, 1.807) is 45.0 Å². The standard InChI is InChI=1S/C44H53FN10O7/c1-44(2,3)42(61)62-25-54-35(56)12-11-34(41(54)60)55-39(58)31-10-8-29(22-32(31)40(55)59)53-20-13-26(24-53)23-51-18-14-27(15-19-51)30-9-7-28(21-33(30)45)47-38-36(37(46)57)49-50-43(48-38)52-16-5-4-6-17-52/h7-10,21-22,26-27,34H,4-6,11-20,23-25H2,1-3H3,(H2,46,57)(H,47,48,50). The summed E-state index contributed by atoms with van der Waals surface area (Å²) < 4.78 is 20.9. The molecule has 0 saturated carbocycles. The van der Waals surface area contributed by atoms with Crippen LogP contribution in [0, 0.1) is 17.2 Å². The van der Waals surface area contributed by atoms with Crippen molar-refractivity contribution in [1.82, 2.24) is 29.9 Å². The van der Waals surface area contributed by atoms with Gasteiger partial charge in [-0.25, -0.2) is 9.29 Å². The van der Waals surface area contributed by atoms with Crippen LogP contribution in [0.4, 0.5) is 27.5 Å². The van der Waals surface area contributed by atoms with Crippen LogP contribution < -0.4 is 20.9 Å². The highest BCUT2D eigenvalue weighted by Crippen LogP contribution is 2.36. The molecule has 0 spiro atoms. The molecule has 2 aromatic carbocycles. The van der Waals surface area contributed by atoms with Crippen LogP contribution in [-0.4, -0.2) is 124 Å². The first-order chi connectivity index (χ1) is 29.7. The van der Waals surface area contributed by atoms with Crippen molar-refractivity contribution < 1.29 is 37.9 Å². The number of ether oxygens (including phenoxy) is 1. The molecule has 1 aromatic heterocycles. The summed E-state index contributed by atoms with van der Waals surface area (Å²) in [6.45, 7) is 10.0. The number of hydrogen-bond donors (Lipinski definition) is 2. The molecule has 2 atom stereocenters. The van der Waals surface area contributed by atoms with Gasteiger partial charge in [-0.2, -0.15) is 4.98 Å². The molecule has 0 radical (unpaired) electrons. The molecule has 6 heterocycles. The SMILES string of the molecule is CC(C)(C)C(=O)OCN1C(=O)CCC(N2C(=O)c3ccc(N4CCC(CN5CCC(c6ccc(Nc7nc(N8CCCCC8)nnc7C(N)=O)cc6F)CC5)C4)cc3C2=O)C1=O. The Hall–Kier alpha value is -6.04. The highest BCUT2D eigenvalue weighted by Gasteiger charge is 2.47. The van der Waals surface area contributed by atoms with E-state index in [2.05, 4.69) is 30.3 Å². The van der Waals surface area contributed by atoms with Crippen LogP contribution in [0.5, 0.6) is 0 Å². The lowest BCUT2D eigenvalue weighted by molar-refractivity contribution is -0.168. The number of aromatic nitrogens is 3. The molecule has 0 bridgehead atoms. The van der Waals surface area contributed by atoms with Crippen molar-refractivity contribution in [3.05, 3.63) is 64.6 Å². The van der Waals surface area contributed by atoms with Crippen LogP contribution in [0.15, 0.2) is 36.4 Å². The summed E-state index contributed by atoms with van der Waals surface area (Å²) in [6.07, 6.45) is 5.62. The second kappa shape index (κ2) is 17.4. The zero-order valence-corrected chi connectivity index (χ0v) is 35.4. The fourth-order valence-corrected chi connectivity index (χ4v) is 9.14. The number of anilines is 4.